The van der Waals surface area contributed by atoms with Gasteiger partial charge in [0.1, 0.15) is 22.8 Å². The molecule has 0 spiro atoms. The van der Waals surface area contributed by atoms with Gasteiger partial charge in [0.2, 0.25) is 5.91 Å². The molecule has 0 bridgehead atoms. The molecule has 0 saturated carbocycles. The summed E-state index contributed by atoms with van der Waals surface area (Å²) in [5.74, 6) is 1.82. The maximum absolute atomic E-state index is 14.3. The van der Waals surface area contributed by atoms with E-state index >= 15 is 0 Å². The summed E-state index contributed by atoms with van der Waals surface area (Å²) >= 11 is 1.78. The number of aromatic nitrogens is 2. The zero-order chi connectivity index (χ0) is 33.4. The van der Waals surface area contributed by atoms with Crippen LogP contribution in [0, 0.1) is 17.8 Å². The van der Waals surface area contributed by atoms with Gasteiger partial charge in [-0.05, 0) is 57.5 Å². The molecule has 3 heterocycles. The Labute approximate surface area is 274 Å². The predicted molar refractivity (Wildman–Crippen MR) is 180 cm³/mol. The minimum Gasteiger partial charge on any atom is -0.444 e. The Morgan fingerprint density at radius 3 is 2.40 bits per heavy atom. The monoisotopic (exact) mass is 648 g/mol. The van der Waals surface area contributed by atoms with Gasteiger partial charge in [-0.1, -0.05) is 34.6 Å². The van der Waals surface area contributed by atoms with Crippen molar-refractivity contribution in [2.45, 2.75) is 79.2 Å². The van der Waals surface area contributed by atoms with Crippen molar-refractivity contribution in [1.82, 2.24) is 24.7 Å². The second kappa shape index (κ2) is 16.3. The van der Waals surface area contributed by atoms with E-state index in [4.69, 9.17) is 14.5 Å². The van der Waals surface area contributed by atoms with Crippen LogP contribution in [-0.4, -0.2) is 119 Å². The molecule has 1 aromatic rings. The molecule has 0 radical (unpaired) electrons. The topological polar surface area (TPSA) is 117 Å². The molecule has 254 valence electrons. The maximum atomic E-state index is 14.3. The number of likely N-dealkylation sites (tertiary alicyclic amines) is 1. The second-order valence-corrected chi connectivity index (χ2v) is 15.7. The van der Waals surface area contributed by atoms with E-state index in [2.05, 4.69) is 51.2 Å². The molecule has 2 aliphatic rings. The highest BCUT2D eigenvalue weighted by Gasteiger charge is 2.39. The molecular formula is C33H56N6O5S. The van der Waals surface area contributed by atoms with Gasteiger partial charge in [-0.15, -0.1) is 0 Å². The van der Waals surface area contributed by atoms with Crippen molar-refractivity contribution in [3.05, 3.63) is 17.6 Å². The molecule has 3 amide bonds. The highest BCUT2D eigenvalue weighted by atomic mass is 32.2. The quantitative estimate of drug-likeness (QED) is 0.339. The standard InChI is InChI=1S/C33H56N6O5S/c1-23(2)19-38(29(41)26-18-35-30(32(3,4)5)36-27(26)34-11-10-16-45-9)20-24-17-25(28(40)37-12-14-43-15-13-37)22-39(21-24)31(42)44-33(6,7)8/h18,23-25H,10-17,19-22H2,1-9H3,(H,34,35,36)/t24-,25-/m1/s1. The number of carbonyl (C=O) groups is 3. The summed E-state index contributed by atoms with van der Waals surface area (Å²) < 4.78 is 11.2. The van der Waals surface area contributed by atoms with Gasteiger partial charge in [0.15, 0.2) is 0 Å². The van der Waals surface area contributed by atoms with E-state index in [1.165, 1.54) is 0 Å². The van der Waals surface area contributed by atoms with Gasteiger partial charge >= 0.3 is 6.09 Å². The second-order valence-electron chi connectivity index (χ2n) is 14.7. The third-order valence-electron chi connectivity index (χ3n) is 7.72. The first-order valence-corrected chi connectivity index (χ1v) is 17.7. The molecule has 45 heavy (non-hydrogen) atoms. The van der Waals surface area contributed by atoms with Crippen LogP contribution in [0.25, 0.3) is 0 Å². The molecule has 0 aliphatic carbocycles. The van der Waals surface area contributed by atoms with Crippen molar-refractivity contribution in [3.8, 4) is 0 Å². The highest BCUT2D eigenvalue weighted by molar-refractivity contribution is 7.98. The number of piperidine rings is 1. The zero-order valence-corrected chi connectivity index (χ0v) is 29.8. The first-order chi connectivity index (χ1) is 21.1. The van der Waals surface area contributed by atoms with Crippen molar-refractivity contribution < 1.29 is 23.9 Å². The van der Waals surface area contributed by atoms with Crippen molar-refractivity contribution in [2.24, 2.45) is 17.8 Å². The lowest BCUT2D eigenvalue weighted by molar-refractivity contribution is -0.142. The van der Waals surface area contributed by atoms with E-state index in [1.54, 1.807) is 22.9 Å². The normalized spacial score (nSPS) is 19.4. The lowest BCUT2D eigenvalue weighted by Crippen LogP contribution is -2.54. The number of thioether (sulfide) groups is 1. The van der Waals surface area contributed by atoms with Crippen LogP contribution in [0.2, 0.25) is 0 Å². The summed E-state index contributed by atoms with van der Waals surface area (Å²) in [7, 11) is 0. The SMILES string of the molecule is CSCCCNc1nc(C(C)(C)C)ncc1C(=O)N(CC(C)C)C[C@H]1C[C@@H](C(=O)N2CCOCC2)CN(C(=O)OC(C)(C)C)C1. The van der Waals surface area contributed by atoms with Gasteiger partial charge in [0.05, 0.1) is 19.1 Å². The average Bonchev–Trinajstić information content (AvgIpc) is 2.97. The smallest absolute Gasteiger partial charge is 0.410 e. The number of ether oxygens (including phenoxy) is 2. The summed E-state index contributed by atoms with van der Waals surface area (Å²) in [6, 6.07) is 0. The van der Waals surface area contributed by atoms with Crippen LogP contribution >= 0.6 is 11.8 Å². The number of hydrogen-bond acceptors (Lipinski definition) is 9. The van der Waals surface area contributed by atoms with Gasteiger partial charge in [-0.25, -0.2) is 14.8 Å². The Kier molecular flexibility index (Phi) is 13.3. The molecule has 1 N–H and O–H groups in total. The number of hydrogen-bond donors (Lipinski definition) is 1. The molecule has 0 unspecified atom stereocenters. The largest absolute Gasteiger partial charge is 0.444 e. The third kappa shape index (κ3) is 11.3. The lowest BCUT2D eigenvalue weighted by atomic mass is 9.87. The Hall–Kier alpha value is -2.60. The third-order valence-corrected chi connectivity index (χ3v) is 8.42. The number of anilines is 1. The summed E-state index contributed by atoms with van der Waals surface area (Å²) in [6.45, 7) is 20.3. The Morgan fingerprint density at radius 1 is 1.11 bits per heavy atom. The van der Waals surface area contributed by atoms with E-state index in [0.29, 0.717) is 82.7 Å². The molecule has 0 aromatic carbocycles. The summed E-state index contributed by atoms with van der Waals surface area (Å²) in [6.07, 6.45) is 4.82. The molecule has 3 rings (SSSR count). The number of nitrogens with zero attached hydrogens (tertiary/aromatic N) is 5. The van der Waals surface area contributed by atoms with Gasteiger partial charge < -0.3 is 29.5 Å². The zero-order valence-electron chi connectivity index (χ0n) is 29.0. The van der Waals surface area contributed by atoms with E-state index < -0.39 is 11.7 Å². The van der Waals surface area contributed by atoms with Crippen LogP contribution < -0.4 is 5.32 Å². The molecule has 2 fully saturated rings. The summed E-state index contributed by atoms with van der Waals surface area (Å²) in [5, 5.41) is 3.41. The fraction of sp³-hybridized carbons (Fsp3) is 0.788. The first-order valence-electron chi connectivity index (χ1n) is 16.3. The number of rotatable bonds is 11. The number of morpholine rings is 1. The Bertz CT molecular complexity index is 1150. The maximum Gasteiger partial charge on any atom is 0.410 e. The van der Waals surface area contributed by atoms with Crippen molar-refractivity contribution >= 4 is 35.5 Å². The van der Waals surface area contributed by atoms with Gasteiger partial charge in [-0.2, -0.15) is 11.8 Å². The molecule has 2 atom stereocenters. The molecule has 2 saturated heterocycles. The van der Waals surface area contributed by atoms with Gasteiger partial charge in [-0.3, -0.25) is 9.59 Å². The number of nitrogens with one attached hydrogen (secondary N) is 1. The Morgan fingerprint density at radius 2 is 1.80 bits per heavy atom. The van der Waals surface area contributed by atoms with E-state index in [9.17, 15) is 14.4 Å². The lowest BCUT2D eigenvalue weighted by Gasteiger charge is -2.41. The van der Waals surface area contributed by atoms with Crippen LogP contribution in [0.3, 0.4) is 0 Å². The average molecular weight is 649 g/mol. The molecule has 11 nitrogen and oxygen atoms in total. The van der Waals surface area contributed by atoms with Crippen molar-refractivity contribution in [1.29, 1.82) is 0 Å². The minimum absolute atomic E-state index is 0.0289. The molecule has 1 aromatic heterocycles. The molecule has 12 heteroatoms. The molecular weight excluding hydrogens is 592 g/mol. The van der Waals surface area contributed by atoms with Crippen LogP contribution in [-0.2, 0) is 19.7 Å². The van der Waals surface area contributed by atoms with Crippen molar-refractivity contribution in [3.63, 3.8) is 0 Å². The van der Waals surface area contributed by atoms with E-state index in [-0.39, 0.29) is 35.0 Å². The van der Waals surface area contributed by atoms with Crippen LogP contribution in [0.5, 0.6) is 0 Å². The van der Waals surface area contributed by atoms with Gasteiger partial charge in [0, 0.05) is 57.4 Å². The Balaban J connectivity index is 1.90. The predicted octanol–water partition coefficient (Wildman–Crippen LogP) is 4.77. The van der Waals surface area contributed by atoms with Crippen LogP contribution in [0.15, 0.2) is 6.20 Å². The summed E-state index contributed by atoms with van der Waals surface area (Å²) in [4.78, 5) is 56.0. The van der Waals surface area contributed by atoms with Crippen LogP contribution in [0.4, 0.5) is 10.6 Å². The first kappa shape index (κ1) is 36.9. The number of carbonyl (C=O) groups excluding carboxylic acids is 3. The fourth-order valence-electron chi connectivity index (χ4n) is 5.65. The van der Waals surface area contributed by atoms with E-state index in [0.717, 1.165) is 12.2 Å². The van der Waals surface area contributed by atoms with Crippen LogP contribution in [0.1, 0.15) is 84.4 Å². The molecule has 2 aliphatic heterocycles. The van der Waals surface area contributed by atoms with E-state index in [1.807, 2.05) is 30.6 Å². The fourth-order valence-corrected chi connectivity index (χ4v) is 6.09. The van der Waals surface area contributed by atoms with Crippen molar-refractivity contribution in [2.75, 3.05) is 76.4 Å². The number of amides is 3. The van der Waals surface area contributed by atoms with Gasteiger partial charge in [0.25, 0.3) is 5.91 Å². The summed E-state index contributed by atoms with van der Waals surface area (Å²) in [5.41, 5.74) is -0.496. The highest BCUT2D eigenvalue weighted by Crippen LogP contribution is 2.29. The minimum atomic E-state index is -0.661.